The largest absolute Gasteiger partial charge is 0.357 e. The maximum atomic E-state index is 13.5. The lowest BCUT2D eigenvalue weighted by molar-refractivity contribution is -0.122. The second kappa shape index (κ2) is 16.5. The molecule has 2 saturated heterocycles. The van der Waals surface area contributed by atoms with Gasteiger partial charge in [0.1, 0.15) is 21.8 Å². The van der Waals surface area contributed by atoms with Crippen LogP contribution in [0.3, 0.4) is 0 Å². The van der Waals surface area contributed by atoms with E-state index >= 15 is 0 Å². The number of anilines is 1. The summed E-state index contributed by atoms with van der Waals surface area (Å²) in [6, 6.07) is 2.16. The number of piperidine rings is 1. The SMILES string of the molecule is CCCCCCCCCCCCN1C(=O)/C(=C\c2c(C)c(C#N)c(=O)n(CCC)c2N2CC(C)CC(C)C2)SC1=S. The maximum Gasteiger partial charge on any atom is 0.270 e. The summed E-state index contributed by atoms with van der Waals surface area (Å²) in [5.41, 5.74) is 1.37. The van der Waals surface area contributed by atoms with E-state index in [1.54, 1.807) is 9.47 Å². The molecule has 0 bridgehead atoms. The van der Waals surface area contributed by atoms with Crippen molar-refractivity contribution in [2.75, 3.05) is 24.5 Å². The first-order chi connectivity index (χ1) is 19.7. The summed E-state index contributed by atoms with van der Waals surface area (Å²) >= 11 is 6.99. The molecular formula is C33H50N4O2S2. The van der Waals surface area contributed by atoms with E-state index in [0.29, 0.717) is 39.7 Å². The zero-order valence-electron chi connectivity index (χ0n) is 26.0. The van der Waals surface area contributed by atoms with E-state index in [9.17, 15) is 14.9 Å². The first-order valence-corrected chi connectivity index (χ1v) is 17.1. The third-order valence-corrected chi connectivity index (χ3v) is 9.72. The van der Waals surface area contributed by atoms with Crippen LogP contribution >= 0.6 is 24.0 Å². The maximum absolute atomic E-state index is 13.5. The van der Waals surface area contributed by atoms with E-state index in [4.69, 9.17) is 12.2 Å². The Morgan fingerprint density at radius 3 is 2.07 bits per heavy atom. The van der Waals surface area contributed by atoms with Crippen LogP contribution < -0.4 is 10.5 Å². The van der Waals surface area contributed by atoms with Crippen molar-refractivity contribution in [3.63, 3.8) is 0 Å². The van der Waals surface area contributed by atoms with Gasteiger partial charge in [0.05, 0.1) is 4.91 Å². The van der Waals surface area contributed by atoms with Crippen LogP contribution in [0.1, 0.15) is 121 Å². The van der Waals surface area contributed by atoms with Gasteiger partial charge in [0.2, 0.25) is 0 Å². The molecule has 0 saturated carbocycles. The fraction of sp³-hybridized carbons (Fsp3) is 0.697. The summed E-state index contributed by atoms with van der Waals surface area (Å²) < 4.78 is 2.37. The molecule has 41 heavy (non-hydrogen) atoms. The Morgan fingerprint density at radius 2 is 1.51 bits per heavy atom. The quantitative estimate of drug-likeness (QED) is 0.116. The Morgan fingerprint density at radius 1 is 0.927 bits per heavy atom. The number of thioether (sulfide) groups is 1. The standard InChI is InChI=1S/C33H50N4O2S2/c1-6-8-9-10-11-12-13-14-15-16-18-37-32(39)29(41-33(37)40)20-27-26(5)28(21-34)31(38)36(17-7-2)30(27)35-22-24(3)19-25(4)23-35/h20,24-25H,6-19,22-23H2,1-5H3/b29-20+. The Balaban J connectivity index is 1.79. The molecule has 0 N–H and O–H groups in total. The van der Waals surface area contributed by atoms with E-state index in [2.05, 4.69) is 31.7 Å². The Bertz CT molecular complexity index is 1190. The van der Waals surface area contributed by atoms with Crippen LogP contribution in [-0.2, 0) is 11.3 Å². The third kappa shape index (κ3) is 8.70. The van der Waals surface area contributed by atoms with Crippen LogP contribution in [0.5, 0.6) is 0 Å². The van der Waals surface area contributed by atoms with Crippen LogP contribution in [0.4, 0.5) is 5.82 Å². The van der Waals surface area contributed by atoms with Gasteiger partial charge in [-0.15, -0.1) is 0 Å². The summed E-state index contributed by atoms with van der Waals surface area (Å²) in [6.45, 7) is 13.5. The average molecular weight is 599 g/mol. The normalized spacial score (nSPS) is 20.3. The molecule has 226 valence electrons. The van der Waals surface area contributed by atoms with Crippen molar-refractivity contribution in [3.8, 4) is 6.07 Å². The summed E-state index contributed by atoms with van der Waals surface area (Å²) in [7, 11) is 0. The monoisotopic (exact) mass is 598 g/mol. The lowest BCUT2D eigenvalue weighted by Crippen LogP contribution is -2.43. The van der Waals surface area contributed by atoms with Crippen molar-refractivity contribution in [3.05, 3.63) is 31.9 Å². The van der Waals surface area contributed by atoms with Gasteiger partial charge in [-0.2, -0.15) is 5.26 Å². The number of rotatable bonds is 15. The van der Waals surface area contributed by atoms with Crippen molar-refractivity contribution in [2.24, 2.45) is 11.8 Å². The lowest BCUT2D eigenvalue weighted by atomic mass is 9.91. The number of nitriles is 1. The zero-order chi connectivity index (χ0) is 29.9. The van der Waals surface area contributed by atoms with Crippen molar-refractivity contribution in [1.82, 2.24) is 9.47 Å². The molecule has 6 nitrogen and oxygen atoms in total. The Hall–Kier alpha value is -2.11. The molecule has 1 amide bonds. The molecule has 8 heteroatoms. The molecule has 2 aliphatic rings. The molecule has 3 heterocycles. The Kier molecular flexibility index (Phi) is 13.4. The smallest absolute Gasteiger partial charge is 0.270 e. The van der Waals surface area contributed by atoms with Crippen molar-refractivity contribution < 1.29 is 4.79 Å². The molecule has 2 atom stereocenters. The molecule has 1 aromatic heterocycles. The van der Waals surface area contributed by atoms with Crippen LogP contribution in [-0.4, -0.2) is 39.3 Å². The molecule has 3 rings (SSSR count). The number of carbonyl (C=O) groups is 1. The van der Waals surface area contributed by atoms with Crippen LogP contribution in [0.2, 0.25) is 0 Å². The summed E-state index contributed by atoms with van der Waals surface area (Å²) in [6.07, 6.45) is 16.3. The number of nitrogens with zero attached hydrogens (tertiary/aromatic N) is 4. The van der Waals surface area contributed by atoms with Crippen molar-refractivity contribution >= 4 is 46.1 Å². The predicted octanol–water partition coefficient (Wildman–Crippen LogP) is 8.04. The van der Waals surface area contributed by atoms with Crippen LogP contribution in [0.15, 0.2) is 9.70 Å². The van der Waals surface area contributed by atoms with Crippen LogP contribution in [0, 0.1) is 30.1 Å². The topological polar surface area (TPSA) is 69.3 Å². The number of unbranched alkanes of at least 4 members (excludes halogenated alkanes) is 9. The average Bonchev–Trinajstić information content (AvgIpc) is 3.19. The Labute approximate surface area is 257 Å². The molecule has 2 aliphatic heterocycles. The lowest BCUT2D eigenvalue weighted by Gasteiger charge is -2.39. The third-order valence-electron chi connectivity index (χ3n) is 8.35. The number of pyridine rings is 1. The number of hydrogen-bond donors (Lipinski definition) is 0. The van der Waals surface area contributed by atoms with Gasteiger partial charge in [-0.05, 0) is 49.7 Å². The number of aromatic nitrogens is 1. The second-order valence-electron chi connectivity index (χ2n) is 12.2. The van der Waals surface area contributed by atoms with E-state index in [-0.39, 0.29) is 17.0 Å². The van der Waals surface area contributed by atoms with E-state index in [1.807, 2.05) is 19.9 Å². The second-order valence-corrected chi connectivity index (χ2v) is 13.8. The van der Waals surface area contributed by atoms with Gasteiger partial charge < -0.3 is 4.90 Å². The molecule has 0 aliphatic carbocycles. The van der Waals surface area contributed by atoms with E-state index in [0.717, 1.165) is 50.2 Å². The van der Waals surface area contributed by atoms with Gasteiger partial charge in [0.15, 0.2) is 0 Å². The van der Waals surface area contributed by atoms with Gasteiger partial charge >= 0.3 is 0 Å². The minimum atomic E-state index is -0.238. The number of thiocarbonyl (C=S) groups is 1. The van der Waals surface area contributed by atoms with E-state index < -0.39 is 0 Å². The minimum Gasteiger partial charge on any atom is -0.357 e. The highest BCUT2D eigenvalue weighted by Gasteiger charge is 2.34. The molecule has 2 unspecified atom stereocenters. The van der Waals surface area contributed by atoms with Crippen molar-refractivity contribution in [1.29, 1.82) is 5.26 Å². The van der Waals surface area contributed by atoms with Crippen molar-refractivity contribution in [2.45, 2.75) is 118 Å². The minimum absolute atomic E-state index is 0.0617. The van der Waals surface area contributed by atoms with Gasteiger partial charge in [0, 0.05) is 31.7 Å². The first kappa shape index (κ1) is 33.4. The molecular weight excluding hydrogens is 549 g/mol. The fourth-order valence-corrected chi connectivity index (χ4v) is 7.62. The highest BCUT2D eigenvalue weighted by atomic mass is 32.2. The molecule has 2 fully saturated rings. The predicted molar refractivity (Wildman–Crippen MR) is 177 cm³/mol. The molecule has 0 aromatic carbocycles. The number of amides is 1. The fourth-order valence-electron chi connectivity index (χ4n) is 6.33. The van der Waals surface area contributed by atoms with Gasteiger partial charge in [-0.1, -0.05) is 109 Å². The molecule has 0 radical (unpaired) electrons. The molecule has 1 aromatic rings. The van der Waals surface area contributed by atoms with Crippen LogP contribution in [0.25, 0.3) is 6.08 Å². The summed E-state index contributed by atoms with van der Waals surface area (Å²) in [5, 5.41) is 9.92. The van der Waals surface area contributed by atoms with Gasteiger partial charge in [0.25, 0.3) is 11.5 Å². The van der Waals surface area contributed by atoms with Gasteiger partial charge in [-0.25, -0.2) is 0 Å². The summed E-state index contributed by atoms with van der Waals surface area (Å²) in [5.74, 6) is 1.76. The van der Waals surface area contributed by atoms with E-state index in [1.165, 1.54) is 63.1 Å². The number of hydrogen-bond acceptors (Lipinski definition) is 6. The van der Waals surface area contributed by atoms with Gasteiger partial charge in [-0.3, -0.25) is 19.1 Å². The summed E-state index contributed by atoms with van der Waals surface area (Å²) in [4.78, 5) is 31.6. The zero-order valence-corrected chi connectivity index (χ0v) is 27.6. The first-order valence-electron chi connectivity index (χ1n) is 15.9. The highest BCUT2D eigenvalue weighted by Crippen LogP contribution is 2.37. The highest BCUT2D eigenvalue weighted by molar-refractivity contribution is 8.26. The molecule has 0 spiro atoms. The number of carbonyl (C=O) groups excluding carboxylic acids is 1.